The molecule has 2 aromatic rings. The Morgan fingerprint density at radius 2 is 1.42 bits per heavy atom. The molecule has 24 heavy (non-hydrogen) atoms. The van der Waals surface area contributed by atoms with Crippen molar-refractivity contribution in [3.63, 3.8) is 0 Å². The molecule has 0 bridgehead atoms. The predicted molar refractivity (Wildman–Crippen MR) is 99.3 cm³/mol. The molecule has 0 aliphatic carbocycles. The highest BCUT2D eigenvalue weighted by molar-refractivity contribution is 5.41. The molecule has 2 rings (SSSR count). The fourth-order valence-electron chi connectivity index (χ4n) is 2.46. The fraction of sp³-hybridized carbons (Fsp3) is 0.409. The lowest BCUT2D eigenvalue weighted by Gasteiger charge is -2.26. The van der Waals surface area contributed by atoms with Gasteiger partial charge in [0, 0.05) is 5.56 Å². The van der Waals surface area contributed by atoms with E-state index in [0.717, 1.165) is 11.3 Å². The highest BCUT2D eigenvalue weighted by atomic mass is 16.5. The van der Waals surface area contributed by atoms with Gasteiger partial charge in [-0.3, -0.25) is 0 Å². The molecule has 2 aromatic carbocycles. The van der Waals surface area contributed by atoms with Crippen LogP contribution in [-0.4, -0.2) is 0 Å². The van der Waals surface area contributed by atoms with Crippen LogP contribution in [0.1, 0.15) is 63.8 Å². The summed E-state index contributed by atoms with van der Waals surface area (Å²) in [5.74, 6) is 0.861. The van der Waals surface area contributed by atoms with Crippen LogP contribution in [-0.2, 0) is 17.4 Å². The average Bonchev–Trinajstić information content (AvgIpc) is 2.51. The number of nitriles is 1. The second-order valence-corrected chi connectivity index (χ2v) is 8.30. The number of ether oxygens (including phenoxy) is 1. The van der Waals surface area contributed by atoms with Crippen LogP contribution >= 0.6 is 0 Å². The summed E-state index contributed by atoms with van der Waals surface area (Å²) in [6.07, 6.45) is 0. The number of rotatable bonds is 3. The van der Waals surface area contributed by atoms with E-state index in [0.29, 0.717) is 12.2 Å². The third-order valence-electron chi connectivity index (χ3n) is 4.17. The van der Waals surface area contributed by atoms with E-state index < -0.39 is 0 Å². The Balaban J connectivity index is 2.34. The summed E-state index contributed by atoms with van der Waals surface area (Å²) in [4.78, 5) is 0. The van der Waals surface area contributed by atoms with Crippen LogP contribution in [0, 0.1) is 11.3 Å². The number of nitrogens with zero attached hydrogens (tertiary/aromatic N) is 1. The minimum atomic E-state index is 0.0595. The van der Waals surface area contributed by atoms with Crippen LogP contribution in [0.5, 0.6) is 5.75 Å². The number of hydrogen-bond donors (Lipinski definition) is 0. The molecule has 0 spiro atoms. The van der Waals surface area contributed by atoms with Gasteiger partial charge in [0.25, 0.3) is 0 Å². The van der Waals surface area contributed by atoms with Gasteiger partial charge in [0.15, 0.2) is 0 Å². The maximum absolute atomic E-state index is 9.21. The molecule has 0 aliphatic rings. The van der Waals surface area contributed by atoms with Crippen LogP contribution in [0.4, 0.5) is 0 Å². The van der Waals surface area contributed by atoms with Crippen LogP contribution < -0.4 is 4.74 Å². The first kappa shape index (κ1) is 18.1. The lowest BCUT2D eigenvalue weighted by Crippen LogP contribution is -2.16. The van der Waals surface area contributed by atoms with Crippen molar-refractivity contribution in [1.29, 1.82) is 5.26 Å². The molecule has 0 saturated carbocycles. The largest absolute Gasteiger partial charge is 0.489 e. The van der Waals surface area contributed by atoms with Crippen LogP contribution in [0.2, 0.25) is 0 Å². The fourth-order valence-corrected chi connectivity index (χ4v) is 2.46. The Morgan fingerprint density at radius 1 is 0.875 bits per heavy atom. The van der Waals surface area contributed by atoms with Gasteiger partial charge >= 0.3 is 0 Å². The molecule has 0 atom stereocenters. The monoisotopic (exact) mass is 321 g/mol. The standard InChI is InChI=1S/C22H27NO/c1-21(2,3)18-11-19(22(4,5)6)13-20(12-18)24-15-17-10-8-7-9-16(17)14-23/h7-13H,15H2,1-6H3. The van der Waals surface area contributed by atoms with E-state index in [1.54, 1.807) is 0 Å². The van der Waals surface area contributed by atoms with Gasteiger partial charge in [0.05, 0.1) is 11.6 Å². The molecule has 0 radical (unpaired) electrons. The summed E-state index contributed by atoms with van der Waals surface area (Å²) in [6, 6.07) is 16.3. The molecular formula is C22H27NO. The van der Waals surface area contributed by atoms with Crippen molar-refractivity contribution < 1.29 is 4.74 Å². The molecule has 126 valence electrons. The molecule has 0 heterocycles. The van der Waals surface area contributed by atoms with Crippen molar-refractivity contribution in [3.8, 4) is 11.8 Å². The molecule has 0 fully saturated rings. The number of hydrogen-bond acceptors (Lipinski definition) is 2. The van der Waals surface area contributed by atoms with E-state index in [1.807, 2.05) is 24.3 Å². The summed E-state index contributed by atoms with van der Waals surface area (Å²) in [5.41, 5.74) is 4.23. The van der Waals surface area contributed by atoms with Gasteiger partial charge in [-0.2, -0.15) is 5.26 Å². The van der Waals surface area contributed by atoms with E-state index in [4.69, 9.17) is 4.74 Å². The Hall–Kier alpha value is -2.27. The van der Waals surface area contributed by atoms with Gasteiger partial charge in [-0.25, -0.2) is 0 Å². The zero-order valence-corrected chi connectivity index (χ0v) is 15.6. The first-order chi connectivity index (χ1) is 11.1. The highest BCUT2D eigenvalue weighted by Crippen LogP contribution is 2.33. The first-order valence-corrected chi connectivity index (χ1v) is 8.38. The lowest BCUT2D eigenvalue weighted by molar-refractivity contribution is 0.304. The predicted octanol–water partition coefficient (Wildman–Crippen LogP) is 5.73. The molecule has 0 N–H and O–H groups in total. The second-order valence-electron chi connectivity index (χ2n) is 8.30. The van der Waals surface area contributed by atoms with Crippen molar-refractivity contribution in [3.05, 3.63) is 64.7 Å². The van der Waals surface area contributed by atoms with Crippen molar-refractivity contribution >= 4 is 0 Å². The molecule has 0 aromatic heterocycles. The van der Waals surface area contributed by atoms with Gasteiger partial charge < -0.3 is 4.74 Å². The third kappa shape index (κ3) is 4.38. The van der Waals surface area contributed by atoms with Crippen molar-refractivity contribution in [2.75, 3.05) is 0 Å². The third-order valence-corrected chi connectivity index (χ3v) is 4.17. The molecule has 0 amide bonds. The van der Waals surface area contributed by atoms with E-state index in [1.165, 1.54) is 11.1 Å². The summed E-state index contributed by atoms with van der Waals surface area (Å²) >= 11 is 0. The van der Waals surface area contributed by atoms with Crippen LogP contribution in [0.15, 0.2) is 42.5 Å². The molecule has 2 heteroatoms. The Kier molecular flexibility index (Phi) is 5.04. The molecule has 0 saturated heterocycles. The number of benzene rings is 2. The second kappa shape index (κ2) is 6.69. The molecule has 0 unspecified atom stereocenters. The normalized spacial score (nSPS) is 11.9. The Labute approximate surface area is 146 Å². The molecule has 0 aliphatic heterocycles. The van der Waals surface area contributed by atoms with Crippen LogP contribution in [0.25, 0.3) is 0 Å². The Morgan fingerprint density at radius 3 is 1.92 bits per heavy atom. The average molecular weight is 321 g/mol. The minimum absolute atomic E-state index is 0.0595. The topological polar surface area (TPSA) is 33.0 Å². The van der Waals surface area contributed by atoms with E-state index in [9.17, 15) is 5.26 Å². The van der Waals surface area contributed by atoms with E-state index in [-0.39, 0.29) is 10.8 Å². The quantitative estimate of drug-likeness (QED) is 0.723. The smallest absolute Gasteiger partial charge is 0.120 e. The van der Waals surface area contributed by atoms with Gasteiger partial charge in [-0.1, -0.05) is 65.8 Å². The first-order valence-electron chi connectivity index (χ1n) is 8.38. The zero-order chi connectivity index (χ0) is 18.0. The summed E-state index contributed by atoms with van der Waals surface area (Å²) in [6.45, 7) is 13.7. The van der Waals surface area contributed by atoms with Gasteiger partial charge in [0.2, 0.25) is 0 Å². The molecular weight excluding hydrogens is 294 g/mol. The Bertz CT molecular complexity index is 723. The van der Waals surface area contributed by atoms with Crippen LogP contribution in [0.3, 0.4) is 0 Å². The summed E-state index contributed by atoms with van der Waals surface area (Å²) in [7, 11) is 0. The summed E-state index contributed by atoms with van der Waals surface area (Å²) < 4.78 is 6.06. The minimum Gasteiger partial charge on any atom is -0.489 e. The van der Waals surface area contributed by atoms with Crippen molar-refractivity contribution in [2.24, 2.45) is 0 Å². The van der Waals surface area contributed by atoms with Gasteiger partial charge in [-0.15, -0.1) is 0 Å². The zero-order valence-electron chi connectivity index (χ0n) is 15.6. The lowest BCUT2D eigenvalue weighted by atomic mass is 9.80. The maximum atomic E-state index is 9.21. The van der Waals surface area contributed by atoms with E-state index in [2.05, 4.69) is 65.8 Å². The maximum Gasteiger partial charge on any atom is 0.120 e. The van der Waals surface area contributed by atoms with E-state index >= 15 is 0 Å². The SMILES string of the molecule is CC(C)(C)c1cc(OCc2ccccc2C#N)cc(C(C)(C)C)c1. The summed E-state index contributed by atoms with van der Waals surface area (Å²) in [5, 5.41) is 9.21. The van der Waals surface area contributed by atoms with Crippen molar-refractivity contribution in [1.82, 2.24) is 0 Å². The van der Waals surface area contributed by atoms with Gasteiger partial charge in [0.1, 0.15) is 12.4 Å². The van der Waals surface area contributed by atoms with Gasteiger partial charge in [-0.05, 0) is 40.2 Å². The van der Waals surface area contributed by atoms with Crippen molar-refractivity contribution in [2.45, 2.75) is 59.0 Å². The molecule has 2 nitrogen and oxygen atoms in total. The highest BCUT2D eigenvalue weighted by Gasteiger charge is 2.21.